The maximum absolute atomic E-state index is 12.1. The Hall–Kier alpha value is -0.420. The molecule has 0 aliphatic rings. The van der Waals surface area contributed by atoms with Gasteiger partial charge in [-0.15, -0.1) is 0 Å². The van der Waals surface area contributed by atoms with Gasteiger partial charge in [0.2, 0.25) is 0 Å². The molecule has 0 amide bonds. The van der Waals surface area contributed by atoms with E-state index in [4.69, 9.17) is 23.2 Å². The van der Waals surface area contributed by atoms with Gasteiger partial charge >= 0.3 is 6.18 Å². The van der Waals surface area contributed by atoms with Crippen molar-refractivity contribution in [1.82, 2.24) is 9.78 Å². The summed E-state index contributed by atoms with van der Waals surface area (Å²) in [6.45, 7) is 0. The lowest BCUT2D eigenvalue weighted by molar-refractivity contribution is -0.137. The van der Waals surface area contributed by atoms with Crippen molar-refractivity contribution in [3.05, 3.63) is 15.9 Å². The number of hydrogen-bond donors (Lipinski definition) is 0. The van der Waals surface area contributed by atoms with E-state index in [0.29, 0.717) is 0 Å². The Labute approximate surface area is 75.9 Å². The lowest BCUT2D eigenvalue weighted by atomic mass is 10.3. The number of rotatable bonds is 0. The molecule has 0 radical (unpaired) electrons. The monoisotopic (exact) mass is 218 g/mol. The third kappa shape index (κ3) is 1.51. The highest BCUT2D eigenvalue weighted by molar-refractivity contribution is 6.35. The minimum absolute atomic E-state index is 0.507. The minimum atomic E-state index is -4.55. The minimum Gasteiger partial charge on any atom is -0.255 e. The largest absolute Gasteiger partial charge is 0.422 e. The summed E-state index contributed by atoms with van der Waals surface area (Å²) in [4.78, 5) is 0. The molecule has 2 nitrogen and oxygen atoms in total. The zero-order valence-corrected chi connectivity index (χ0v) is 7.30. The van der Waals surface area contributed by atoms with Crippen molar-refractivity contribution in [2.75, 3.05) is 0 Å². The molecule has 1 aromatic heterocycles. The van der Waals surface area contributed by atoms with E-state index in [2.05, 4.69) is 5.10 Å². The van der Waals surface area contributed by atoms with Gasteiger partial charge in [0.25, 0.3) is 0 Å². The van der Waals surface area contributed by atoms with E-state index >= 15 is 0 Å². The van der Waals surface area contributed by atoms with Gasteiger partial charge in [-0.1, -0.05) is 23.2 Å². The maximum Gasteiger partial charge on any atom is 0.422 e. The number of aryl methyl sites for hydroxylation is 1. The lowest BCUT2D eigenvalue weighted by Crippen LogP contribution is -2.05. The molecule has 0 bridgehead atoms. The van der Waals surface area contributed by atoms with Crippen LogP contribution in [0, 0.1) is 0 Å². The standard InChI is InChI=1S/C5H3Cl2F3N2/c1-12-4(7)2(3(6)11-12)5(8,9)10/h1H3. The van der Waals surface area contributed by atoms with E-state index in [1.54, 1.807) is 0 Å². The highest BCUT2D eigenvalue weighted by atomic mass is 35.5. The fraction of sp³-hybridized carbons (Fsp3) is 0.400. The molecule has 1 aromatic rings. The molecule has 7 heteroatoms. The van der Waals surface area contributed by atoms with Crippen LogP contribution in [0.15, 0.2) is 0 Å². The lowest BCUT2D eigenvalue weighted by Gasteiger charge is -2.03. The number of alkyl halides is 3. The van der Waals surface area contributed by atoms with E-state index in [1.807, 2.05) is 0 Å². The molecule has 68 valence electrons. The molecule has 0 aliphatic carbocycles. The topological polar surface area (TPSA) is 17.8 Å². The summed E-state index contributed by atoms with van der Waals surface area (Å²) in [5.74, 6) is 0. The first kappa shape index (κ1) is 9.67. The molecule has 0 fully saturated rings. The zero-order valence-electron chi connectivity index (χ0n) is 5.78. The predicted octanol–water partition coefficient (Wildman–Crippen LogP) is 2.75. The van der Waals surface area contributed by atoms with E-state index in [9.17, 15) is 13.2 Å². The predicted molar refractivity (Wildman–Crippen MR) is 38.2 cm³/mol. The number of hydrogen-bond acceptors (Lipinski definition) is 1. The van der Waals surface area contributed by atoms with Crippen molar-refractivity contribution in [2.24, 2.45) is 7.05 Å². The normalized spacial score (nSPS) is 12.2. The number of aromatic nitrogens is 2. The van der Waals surface area contributed by atoms with Crippen LogP contribution in [0.5, 0.6) is 0 Å². The maximum atomic E-state index is 12.1. The van der Waals surface area contributed by atoms with E-state index in [0.717, 1.165) is 4.68 Å². The summed E-state index contributed by atoms with van der Waals surface area (Å²) in [6, 6.07) is 0. The average molecular weight is 219 g/mol. The summed E-state index contributed by atoms with van der Waals surface area (Å²) < 4.78 is 37.2. The Balaban J connectivity index is 3.32. The number of nitrogens with zero attached hydrogens (tertiary/aromatic N) is 2. The fourth-order valence-corrected chi connectivity index (χ4v) is 1.30. The second-order valence-corrected chi connectivity index (χ2v) is 2.79. The van der Waals surface area contributed by atoms with Crippen LogP contribution in [0.25, 0.3) is 0 Å². The second-order valence-electron chi connectivity index (χ2n) is 2.08. The van der Waals surface area contributed by atoms with Gasteiger partial charge in [-0.3, -0.25) is 4.68 Å². The first-order chi connectivity index (χ1) is 5.34. The smallest absolute Gasteiger partial charge is 0.255 e. The van der Waals surface area contributed by atoms with Crippen molar-refractivity contribution in [3.8, 4) is 0 Å². The summed E-state index contributed by atoms with van der Waals surface area (Å²) in [5, 5.41) is 2.17. The first-order valence-corrected chi connectivity index (χ1v) is 3.55. The van der Waals surface area contributed by atoms with Gasteiger partial charge in [-0.2, -0.15) is 18.3 Å². The third-order valence-electron chi connectivity index (χ3n) is 1.22. The summed E-state index contributed by atoms with van der Waals surface area (Å²) >= 11 is 10.5. The van der Waals surface area contributed by atoms with Gasteiger partial charge in [0.05, 0.1) is 0 Å². The molecule has 12 heavy (non-hydrogen) atoms. The SMILES string of the molecule is Cn1nc(Cl)c(C(F)(F)F)c1Cl. The Morgan fingerprint density at radius 3 is 2.00 bits per heavy atom. The molecular weight excluding hydrogens is 216 g/mol. The van der Waals surface area contributed by atoms with Crippen molar-refractivity contribution in [2.45, 2.75) is 6.18 Å². The summed E-state index contributed by atoms with van der Waals surface area (Å²) in [7, 11) is 1.28. The molecule has 1 heterocycles. The fourth-order valence-electron chi connectivity index (χ4n) is 0.706. The zero-order chi connectivity index (χ0) is 9.52. The van der Waals surface area contributed by atoms with Crippen LogP contribution in [0.2, 0.25) is 10.3 Å². The molecule has 0 unspecified atom stereocenters. The second kappa shape index (κ2) is 2.81. The highest BCUT2D eigenvalue weighted by Gasteiger charge is 2.38. The Morgan fingerprint density at radius 2 is 1.83 bits per heavy atom. The third-order valence-corrected chi connectivity index (χ3v) is 1.92. The van der Waals surface area contributed by atoms with Crippen LogP contribution >= 0.6 is 23.2 Å². The van der Waals surface area contributed by atoms with Crippen LogP contribution < -0.4 is 0 Å². The van der Waals surface area contributed by atoms with Crippen molar-refractivity contribution in [3.63, 3.8) is 0 Å². The molecule has 0 saturated carbocycles. The Kier molecular flexibility index (Phi) is 2.27. The molecule has 1 rings (SSSR count). The van der Waals surface area contributed by atoms with Crippen LogP contribution in [0.3, 0.4) is 0 Å². The molecule has 0 saturated heterocycles. The van der Waals surface area contributed by atoms with Crippen molar-refractivity contribution >= 4 is 23.2 Å². The first-order valence-electron chi connectivity index (χ1n) is 2.79. The van der Waals surface area contributed by atoms with Gasteiger partial charge in [0, 0.05) is 7.05 Å². The Bertz CT molecular complexity index is 304. The molecule has 0 aliphatic heterocycles. The van der Waals surface area contributed by atoms with Crippen molar-refractivity contribution in [1.29, 1.82) is 0 Å². The van der Waals surface area contributed by atoms with Gasteiger partial charge in [0.15, 0.2) is 5.15 Å². The quantitative estimate of drug-likeness (QED) is 0.655. The number of halogens is 5. The molecule has 0 N–H and O–H groups in total. The Morgan fingerprint density at radius 1 is 1.33 bits per heavy atom. The molecule has 0 atom stereocenters. The molecular formula is C5H3Cl2F3N2. The van der Waals surface area contributed by atoms with Crippen LogP contribution in [0.4, 0.5) is 13.2 Å². The van der Waals surface area contributed by atoms with Gasteiger partial charge in [-0.05, 0) is 0 Å². The highest BCUT2D eigenvalue weighted by Crippen LogP contribution is 2.38. The van der Waals surface area contributed by atoms with E-state index in [-0.39, 0.29) is 0 Å². The summed E-state index contributed by atoms with van der Waals surface area (Å²) in [5.41, 5.74) is -1.09. The average Bonchev–Trinajstić information content (AvgIpc) is 2.05. The van der Waals surface area contributed by atoms with Crippen molar-refractivity contribution < 1.29 is 13.2 Å². The van der Waals surface area contributed by atoms with Crippen LogP contribution in [-0.2, 0) is 13.2 Å². The van der Waals surface area contributed by atoms with Crippen LogP contribution in [0.1, 0.15) is 5.56 Å². The van der Waals surface area contributed by atoms with Gasteiger partial charge in [0.1, 0.15) is 10.7 Å². The van der Waals surface area contributed by atoms with Crippen LogP contribution in [-0.4, -0.2) is 9.78 Å². The molecule has 0 aromatic carbocycles. The van der Waals surface area contributed by atoms with Gasteiger partial charge < -0.3 is 0 Å². The summed E-state index contributed by atoms with van der Waals surface area (Å²) in [6.07, 6.45) is -4.55. The van der Waals surface area contributed by atoms with E-state index < -0.39 is 22.0 Å². The molecule has 0 spiro atoms. The van der Waals surface area contributed by atoms with E-state index in [1.165, 1.54) is 7.05 Å². The van der Waals surface area contributed by atoms with Gasteiger partial charge in [-0.25, -0.2) is 0 Å².